The van der Waals surface area contributed by atoms with Crippen LogP contribution < -0.4 is 5.32 Å². The van der Waals surface area contributed by atoms with Crippen LogP contribution in [0.1, 0.15) is 47.1 Å². The Morgan fingerprint density at radius 3 is 2.82 bits per heavy atom. The van der Waals surface area contributed by atoms with Crippen molar-refractivity contribution < 1.29 is 14.8 Å². The highest BCUT2D eigenvalue weighted by molar-refractivity contribution is 5.96. The van der Waals surface area contributed by atoms with Gasteiger partial charge < -0.3 is 10.4 Å². The molecule has 28 heavy (non-hydrogen) atoms. The Balaban J connectivity index is 1.69. The van der Waals surface area contributed by atoms with Crippen LogP contribution in [0, 0.1) is 10.1 Å². The zero-order valence-electron chi connectivity index (χ0n) is 15.9. The van der Waals surface area contributed by atoms with E-state index >= 15 is 0 Å². The van der Waals surface area contributed by atoms with Crippen LogP contribution in [0.25, 0.3) is 0 Å². The van der Waals surface area contributed by atoms with Gasteiger partial charge in [-0.2, -0.15) is 5.10 Å². The molecule has 2 aromatic rings. The van der Waals surface area contributed by atoms with Crippen LogP contribution in [-0.2, 0) is 19.5 Å². The molecular weight excluding hydrogens is 362 g/mol. The molecular formula is C19H25N5O4. The minimum atomic E-state index is -0.572. The minimum Gasteiger partial charge on any atom is -0.392 e. The van der Waals surface area contributed by atoms with Gasteiger partial charge in [0.05, 0.1) is 11.0 Å². The van der Waals surface area contributed by atoms with Crippen LogP contribution in [0.3, 0.4) is 0 Å². The highest BCUT2D eigenvalue weighted by Crippen LogP contribution is 2.23. The van der Waals surface area contributed by atoms with Gasteiger partial charge >= 0.3 is 5.69 Å². The van der Waals surface area contributed by atoms with Crippen LogP contribution in [-0.4, -0.2) is 50.2 Å². The molecule has 0 bridgehead atoms. The number of β-amino-alcohol motifs (C(OH)–C–C–N with tert-alkyl or cyclic N) is 1. The number of nitrogens with zero attached hydrogens (tertiary/aromatic N) is 3. The topological polar surface area (TPSA) is 124 Å². The number of rotatable bonds is 8. The maximum absolute atomic E-state index is 12.5. The molecule has 1 unspecified atom stereocenters. The van der Waals surface area contributed by atoms with Crippen LogP contribution in [0.2, 0.25) is 0 Å². The van der Waals surface area contributed by atoms with E-state index in [4.69, 9.17) is 0 Å². The second-order valence-electron chi connectivity index (χ2n) is 7.04. The molecule has 1 atom stereocenters. The molecule has 1 amide bonds. The number of nitro groups is 1. The van der Waals surface area contributed by atoms with Crippen molar-refractivity contribution in [3.63, 3.8) is 0 Å². The number of hydrogen-bond acceptors (Lipinski definition) is 6. The van der Waals surface area contributed by atoms with E-state index in [9.17, 15) is 20.0 Å². The van der Waals surface area contributed by atoms with E-state index in [1.807, 2.05) is 31.2 Å². The largest absolute Gasteiger partial charge is 0.392 e. The summed E-state index contributed by atoms with van der Waals surface area (Å²) in [5.74, 6) is -0.572. The summed E-state index contributed by atoms with van der Waals surface area (Å²) >= 11 is 0. The maximum Gasteiger partial charge on any atom is 0.322 e. The summed E-state index contributed by atoms with van der Waals surface area (Å²) in [5, 5.41) is 30.3. The number of benzene rings is 1. The van der Waals surface area contributed by atoms with E-state index < -0.39 is 10.8 Å². The van der Waals surface area contributed by atoms with Gasteiger partial charge in [0, 0.05) is 26.2 Å². The van der Waals surface area contributed by atoms with Crippen LogP contribution in [0.5, 0.6) is 0 Å². The summed E-state index contributed by atoms with van der Waals surface area (Å²) in [6.45, 7) is 4.31. The number of amides is 1. The zero-order valence-corrected chi connectivity index (χ0v) is 15.9. The number of likely N-dealkylation sites (tertiary alicyclic amines) is 1. The number of aliphatic hydroxyl groups is 1. The van der Waals surface area contributed by atoms with Gasteiger partial charge in [-0.3, -0.25) is 24.9 Å². The van der Waals surface area contributed by atoms with Crippen molar-refractivity contribution in [2.45, 2.75) is 45.4 Å². The van der Waals surface area contributed by atoms with Crippen LogP contribution in [0.15, 0.2) is 24.3 Å². The van der Waals surface area contributed by atoms with Crippen molar-refractivity contribution in [2.75, 3.05) is 13.1 Å². The Morgan fingerprint density at radius 2 is 2.18 bits per heavy atom. The number of aryl methyl sites for hydroxylation is 1. The number of nitrogens with one attached hydrogen (secondary N) is 2. The summed E-state index contributed by atoms with van der Waals surface area (Å²) < 4.78 is 0. The Bertz CT molecular complexity index is 851. The first-order valence-corrected chi connectivity index (χ1v) is 9.46. The van der Waals surface area contributed by atoms with Crippen LogP contribution >= 0.6 is 0 Å². The van der Waals surface area contributed by atoms with Crippen molar-refractivity contribution in [1.29, 1.82) is 0 Å². The average molecular weight is 387 g/mol. The molecule has 0 radical (unpaired) electrons. The fraction of sp³-hybridized carbons (Fsp3) is 0.474. The fourth-order valence-electron chi connectivity index (χ4n) is 3.49. The monoisotopic (exact) mass is 387 g/mol. The molecule has 150 valence electrons. The Kier molecular flexibility index (Phi) is 6.37. The van der Waals surface area contributed by atoms with Gasteiger partial charge in [0.15, 0.2) is 0 Å². The van der Waals surface area contributed by atoms with Crippen molar-refractivity contribution >= 4 is 11.6 Å². The van der Waals surface area contributed by atoms with E-state index in [2.05, 4.69) is 20.4 Å². The SMILES string of the molecule is CCCc1[nH]nc(C(=O)NCc2ccccc2CN2CCC(O)C2)c1[N+](=O)[O-]. The Morgan fingerprint density at radius 1 is 1.43 bits per heavy atom. The molecule has 1 fully saturated rings. The predicted molar refractivity (Wildman–Crippen MR) is 103 cm³/mol. The first-order chi connectivity index (χ1) is 13.5. The number of H-pyrrole nitrogens is 1. The minimum absolute atomic E-state index is 0.186. The smallest absolute Gasteiger partial charge is 0.322 e. The lowest BCUT2D eigenvalue weighted by Crippen LogP contribution is -2.26. The third kappa shape index (κ3) is 4.55. The second-order valence-corrected chi connectivity index (χ2v) is 7.04. The standard InChI is InChI=1S/C19H25N5O4/c1-2-5-16-18(24(27)28)17(22-21-16)19(26)20-10-13-6-3-4-7-14(13)11-23-9-8-15(25)12-23/h3-4,6-7,15,25H,2,5,8-12H2,1H3,(H,20,26)(H,21,22). The van der Waals surface area contributed by atoms with Gasteiger partial charge in [0.2, 0.25) is 5.69 Å². The molecule has 1 aromatic carbocycles. The molecule has 9 heteroatoms. The van der Waals surface area contributed by atoms with Gasteiger partial charge in [-0.05, 0) is 24.0 Å². The van der Waals surface area contributed by atoms with Crippen LogP contribution in [0.4, 0.5) is 5.69 Å². The van der Waals surface area contributed by atoms with E-state index in [0.29, 0.717) is 31.6 Å². The van der Waals surface area contributed by atoms with Gasteiger partial charge in [-0.25, -0.2) is 0 Å². The van der Waals surface area contributed by atoms with E-state index in [0.717, 1.165) is 24.1 Å². The molecule has 0 spiro atoms. The molecule has 0 aliphatic carbocycles. The van der Waals surface area contributed by atoms with E-state index in [-0.39, 0.29) is 24.0 Å². The molecule has 1 aliphatic rings. The third-order valence-corrected chi connectivity index (χ3v) is 4.91. The molecule has 0 saturated carbocycles. The van der Waals surface area contributed by atoms with Gasteiger partial charge in [-0.1, -0.05) is 37.6 Å². The number of carbonyl (C=O) groups is 1. The Labute approximate surface area is 162 Å². The number of carbonyl (C=O) groups excluding carboxylic acids is 1. The van der Waals surface area contributed by atoms with Gasteiger partial charge in [0.1, 0.15) is 5.69 Å². The highest BCUT2D eigenvalue weighted by atomic mass is 16.6. The lowest BCUT2D eigenvalue weighted by Gasteiger charge is -2.17. The molecule has 1 aromatic heterocycles. The third-order valence-electron chi connectivity index (χ3n) is 4.91. The lowest BCUT2D eigenvalue weighted by molar-refractivity contribution is -0.385. The first kappa shape index (κ1) is 20.0. The number of aliphatic hydroxyl groups excluding tert-OH is 1. The summed E-state index contributed by atoms with van der Waals surface area (Å²) in [7, 11) is 0. The van der Waals surface area contributed by atoms with Crippen molar-refractivity contribution in [3.8, 4) is 0 Å². The first-order valence-electron chi connectivity index (χ1n) is 9.46. The predicted octanol–water partition coefficient (Wildman–Crippen LogP) is 1.77. The van der Waals surface area contributed by atoms with Crippen molar-refractivity contribution in [3.05, 3.63) is 56.9 Å². The van der Waals surface area contributed by atoms with E-state index in [1.165, 1.54) is 0 Å². The number of aromatic amines is 1. The summed E-state index contributed by atoms with van der Waals surface area (Å²) in [6, 6.07) is 7.73. The molecule has 9 nitrogen and oxygen atoms in total. The lowest BCUT2D eigenvalue weighted by atomic mass is 10.1. The number of aromatic nitrogens is 2. The van der Waals surface area contributed by atoms with Gasteiger partial charge in [0.25, 0.3) is 5.91 Å². The number of hydrogen-bond donors (Lipinski definition) is 3. The summed E-state index contributed by atoms with van der Waals surface area (Å²) in [6.07, 6.45) is 1.65. The molecule has 3 rings (SSSR count). The summed E-state index contributed by atoms with van der Waals surface area (Å²) in [5.41, 5.74) is 1.92. The second kappa shape index (κ2) is 8.94. The normalized spacial score (nSPS) is 17.0. The van der Waals surface area contributed by atoms with Crippen molar-refractivity contribution in [2.24, 2.45) is 0 Å². The molecule has 3 N–H and O–H groups in total. The summed E-state index contributed by atoms with van der Waals surface area (Å²) in [4.78, 5) is 25.5. The fourth-order valence-corrected chi connectivity index (χ4v) is 3.49. The maximum atomic E-state index is 12.5. The van der Waals surface area contributed by atoms with E-state index in [1.54, 1.807) is 0 Å². The quantitative estimate of drug-likeness (QED) is 0.468. The molecule has 1 saturated heterocycles. The van der Waals surface area contributed by atoms with Crippen molar-refractivity contribution in [1.82, 2.24) is 20.4 Å². The molecule has 1 aliphatic heterocycles. The average Bonchev–Trinajstić information content (AvgIpc) is 3.27. The molecule has 2 heterocycles. The van der Waals surface area contributed by atoms with Gasteiger partial charge in [-0.15, -0.1) is 0 Å². The Hall–Kier alpha value is -2.78. The highest BCUT2D eigenvalue weighted by Gasteiger charge is 2.28. The zero-order chi connectivity index (χ0) is 20.1.